The molecule has 0 bridgehead atoms. The van der Waals surface area contributed by atoms with Crippen LogP contribution in [0.5, 0.6) is 0 Å². The van der Waals surface area contributed by atoms with Crippen molar-refractivity contribution in [3.63, 3.8) is 0 Å². The largest absolute Gasteiger partial charge is 0.383 e. The number of ether oxygens (including phenoxy) is 1. The minimum Gasteiger partial charge on any atom is -0.383 e. The Bertz CT molecular complexity index is 288. The maximum absolute atomic E-state index is 5.08. The van der Waals surface area contributed by atoms with Crippen molar-refractivity contribution in [2.24, 2.45) is 0 Å². The average molecular weight is 276 g/mol. The first-order valence-corrected chi connectivity index (χ1v) is 6.41. The van der Waals surface area contributed by atoms with Crippen LogP contribution >= 0.6 is 15.9 Å². The average Bonchev–Trinajstić information content (AvgIpc) is 2.65. The molecule has 0 unspecified atom stereocenters. The molecular formula is C10H18BrN3O. The first kappa shape index (κ1) is 12.6. The van der Waals surface area contributed by atoms with Crippen LogP contribution in [-0.4, -0.2) is 28.5 Å². The number of halogens is 1. The Labute approximate surface area is 99.2 Å². The lowest BCUT2D eigenvalue weighted by Gasteiger charge is -2.07. The van der Waals surface area contributed by atoms with E-state index in [1.807, 2.05) is 0 Å². The first-order valence-electron chi connectivity index (χ1n) is 5.29. The summed E-state index contributed by atoms with van der Waals surface area (Å²) in [6.45, 7) is 3.72. The third-order valence-corrected chi connectivity index (χ3v) is 2.80. The van der Waals surface area contributed by atoms with Gasteiger partial charge >= 0.3 is 0 Å². The molecule has 5 heteroatoms. The summed E-state index contributed by atoms with van der Waals surface area (Å²) < 4.78 is 7.23. The van der Waals surface area contributed by atoms with Crippen LogP contribution in [0.2, 0.25) is 0 Å². The van der Waals surface area contributed by atoms with Crippen molar-refractivity contribution in [1.82, 2.24) is 14.8 Å². The normalized spacial score (nSPS) is 10.9. The van der Waals surface area contributed by atoms with E-state index in [-0.39, 0.29) is 0 Å². The summed E-state index contributed by atoms with van der Waals surface area (Å²) in [4.78, 5) is 0. The van der Waals surface area contributed by atoms with Gasteiger partial charge in [0.15, 0.2) is 0 Å². The summed E-state index contributed by atoms with van der Waals surface area (Å²) in [5.41, 5.74) is 0. The van der Waals surface area contributed by atoms with Crippen LogP contribution < -0.4 is 0 Å². The van der Waals surface area contributed by atoms with Gasteiger partial charge < -0.3 is 9.30 Å². The summed E-state index contributed by atoms with van der Waals surface area (Å²) in [7, 11) is 1.71. The zero-order valence-corrected chi connectivity index (χ0v) is 11.0. The lowest BCUT2D eigenvalue weighted by Crippen LogP contribution is -2.11. The van der Waals surface area contributed by atoms with Gasteiger partial charge in [-0.2, -0.15) is 0 Å². The summed E-state index contributed by atoms with van der Waals surface area (Å²) >= 11 is 3.42. The molecule has 86 valence electrons. The number of rotatable bonds is 7. The molecular weight excluding hydrogens is 258 g/mol. The molecule has 0 spiro atoms. The zero-order valence-electron chi connectivity index (χ0n) is 9.37. The SMILES string of the molecule is CCCCc1nnc(CBr)n1CCOC. The topological polar surface area (TPSA) is 39.9 Å². The molecule has 0 saturated carbocycles. The van der Waals surface area contributed by atoms with Crippen molar-refractivity contribution in [2.75, 3.05) is 13.7 Å². The van der Waals surface area contributed by atoms with Gasteiger partial charge in [0.25, 0.3) is 0 Å². The quantitative estimate of drug-likeness (QED) is 0.716. The van der Waals surface area contributed by atoms with Gasteiger partial charge in [0.2, 0.25) is 0 Å². The fourth-order valence-electron chi connectivity index (χ4n) is 1.43. The molecule has 0 atom stereocenters. The van der Waals surface area contributed by atoms with Crippen molar-refractivity contribution < 1.29 is 4.74 Å². The van der Waals surface area contributed by atoms with Crippen LogP contribution in [0.25, 0.3) is 0 Å². The number of alkyl halides is 1. The highest BCUT2D eigenvalue weighted by Crippen LogP contribution is 2.09. The van der Waals surface area contributed by atoms with Gasteiger partial charge in [-0.25, -0.2) is 0 Å². The highest BCUT2D eigenvalue weighted by Gasteiger charge is 2.09. The van der Waals surface area contributed by atoms with E-state index in [0.29, 0.717) is 6.61 Å². The Morgan fingerprint density at radius 1 is 1.33 bits per heavy atom. The van der Waals surface area contributed by atoms with E-state index in [0.717, 1.165) is 36.4 Å². The van der Waals surface area contributed by atoms with E-state index >= 15 is 0 Å². The molecule has 0 aromatic carbocycles. The molecule has 0 aliphatic carbocycles. The number of methoxy groups -OCH3 is 1. The monoisotopic (exact) mass is 275 g/mol. The molecule has 0 radical (unpaired) electrons. The first-order chi connectivity index (χ1) is 7.33. The van der Waals surface area contributed by atoms with Crippen molar-refractivity contribution in [2.45, 2.75) is 38.1 Å². The molecule has 1 aromatic rings. The number of hydrogen-bond acceptors (Lipinski definition) is 3. The summed E-state index contributed by atoms with van der Waals surface area (Å²) in [6, 6.07) is 0. The molecule has 1 aromatic heterocycles. The van der Waals surface area contributed by atoms with Gasteiger partial charge in [-0.15, -0.1) is 10.2 Å². The Morgan fingerprint density at radius 3 is 2.67 bits per heavy atom. The third kappa shape index (κ3) is 3.57. The standard InChI is InChI=1S/C10H18BrN3O/c1-3-4-5-9-12-13-10(8-11)14(9)6-7-15-2/h3-8H2,1-2H3. The smallest absolute Gasteiger partial charge is 0.143 e. The Kier molecular flexibility index (Phi) is 5.86. The van der Waals surface area contributed by atoms with Crippen LogP contribution in [-0.2, 0) is 23.0 Å². The molecule has 0 aliphatic rings. The van der Waals surface area contributed by atoms with E-state index in [1.54, 1.807) is 7.11 Å². The van der Waals surface area contributed by atoms with E-state index in [9.17, 15) is 0 Å². The fraction of sp³-hybridized carbons (Fsp3) is 0.800. The number of hydrogen-bond donors (Lipinski definition) is 0. The lowest BCUT2D eigenvalue weighted by molar-refractivity contribution is 0.185. The molecule has 15 heavy (non-hydrogen) atoms. The minimum absolute atomic E-state index is 0.706. The third-order valence-electron chi connectivity index (χ3n) is 2.30. The molecule has 4 nitrogen and oxygen atoms in total. The predicted octanol–water partition coefficient (Wildman–Crippen LogP) is 2.16. The van der Waals surface area contributed by atoms with Gasteiger partial charge in [-0.3, -0.25) is 0 Å². The lowest BCUT2D eigenvalue weighted by atomic mass is 10.2. The van der Waals surface area contributed by atoms with Crippen LogP contribution in [0.4, 0.5) is 0 Å². The minimum atomic E-state index is 0.706. The van der Waals surface area contributed by atoms with E-state index < -0.39 is 0 Å². The van der Waals surface area contributed by atoms with Crippen LogP contribution in [0.3, 0.4) is 0 Å². The van der Waals surface area contributed by atoms with Crippen LogP contribution in [0.1, 0.15) is 31.4 Å². The second-order valence-electron chi connectivity index (χ2n) is 3.41. The van der Waals surface area contributed by atoms with Crippen molar-refractivity contribution in [3.05, 3.63) is 11.6 Å². The van der Waals surface area contributed by atoms with Gasteiger partial charge in [0.05, 0.1) is 11.9 Å². The number of aryl methyl sites for hydroxylation is 1. The molecule has 0 fully saturated rings. The van der Waals surface area contributed by atoms with Crippen LogP contribution in [0.15, 0.2) is 0 Å². The highest BCUT2D eigenvalue weighted by molar-refractivity contribution is 9.08. The van der Waals surface area contributed by atoms with Gasteiger partial charge in [-0.05, 0) is 6.42 Å². The maximum Gasteiger partial charge on any atom is 0.143 e. The molecule has 0 amide bonds. The second kappa shape index (κ2) is 6.95. The Hall–Kier alpha value is -0.420. The fourth-order valence-corrected chi connectivity index (χ4v) is 1.85. The number of aromatic nitrogens is 3. The molecule has 1 rings (SSSR count). The maximum atomic E-state index is 5.08. The summed E-state index contributed by atoms with van der Waals surface area (Å²) in [5.74, 6) is 2.06. The van der Waals surface area contributed by atoms with E-state index in [4.69, 9.17) is 4.74 Å². The van der Waals surface area contributed by atoms with Gasteiger partial charge in [0.1, 0.15) is 11.6 Å². The highest BCUT2D eigenvalue weighted by atomic mass is 79.9. The summed E-state index contributed by atoms with van der Waals surface area (Å²) in [6.07, 6.45) is 3.34. The van der Waals surface area contributed by atoms with Crippen molar-refractivity contribution in [3.8, 4) is 0 Å². The molecule has 0 saturated heterocycles. The number of nitrogens with zero attached hydrogens (tertiary/aromatic N) is 3. The van der Waals surface area contributed by atoms with E-state index in [2.05, 4.69) is 37.6 Å². The van der Waals surface area contributed by atoms with Crippen molar-refractivity contribution in [1.29, 1.82) is 0 Å². The van der Waals surface area contributed by atoms with Gasteiger partial charge in [0, 0.05) is 20.1 Å². The number of unbranched alkanes of at least 4 members (excludes halogenated alkanes) is 1. The molecule has 0 N–H and O–H groups in total. The Morgan fingerprint density at radius 2 is 2.07 bits per heavy atom. The summed E-state index contributed by atoms with van der Waals surface area (Å²) in [5, 5.41) is 9.10. The zero-order chi connectivity index (χ0) is 11.1. The second-order valence-corrected chi connectivity index (χ2v) is 3.97. The van der Waals surface area contributed by atoms with Crippen molar-refractivity contribution >= 4 is 15.9 Å². The predicted molar refractivity (Wildman–Crippen MR) is 63.1 cm³/mol. The van der Waals surface area contributed by atoms with Crippen LogP contribution in [0, 0.1) is 0 Å². The molecule has 1 heterocycles. The van der Waals surface area contributed by atoms with E-state index in [1.165, 1.54) is 6.42 Å². The Balaban J connectivity index is 2.70. The van der Waals surface area contributed by atoms with Gasteiger partial charge in [-0.1, -0.05) is 29.3 Å². The molecule has 0 aliphatic heterocycles.